The van der Waals surface area contributed by atoms with E-state index in [1.54, 1.807) is 24.3 Å². The topological polar surface area (TPSA) is 58.5 Å². The number of benzene rings is 1. The molecule has 1 N–H and O–H groups in total. The summed E-state index contributed by atoms with van der Waals surface area (Å²) in [6, 6.07) is 6.70. The van der Waals surface area contributed by atoms with Crippen LogP contribution in [0.25, 0.3) is 0 Å². The number of hydrogen-bond acceptors (Lipinski definition) is 3. The Morgan fingerprint density at radius 3 is 1.87 bits per heavy atom. The van der Waals surface area contributed by atoms with Crippen molar-refractivity contribution >= 4 is 15.7 Å². The minimum atomic E-state index is -3.67. The van der Waals surface area contributed by atoms with Gasteiger partial charge in [0.05, 0.1) is 10.6 Å². The zero-order valence-electron chi connectivity index (χ0n) is 12.8. The molecule has 2 aliphatic carbocycles. The molecule has 0 unspecified atom stereocenters. The second-order valence-corrected chi connectivity index (χ2v) is 7.20. The van der Waals surface area contributed by atoms with Crippen molar-refractivity contribution in [2.75, 3.05) is 0 Å². The summed E-state index contributed by atoms with van der Waals surface area (Å²) in [5.74, 6) is 0.0150. The molecular formula is C18H18N2O2S. The van der Waals surface area contributed by atoms with Crippen LogP contribution in [0.1, 0.15) is 5.56 Å². The molecule has 1 aromatic carbocycles. The third kappa shape index (κ3) is 3.51. The molecular weight excluding hydrogens is 308 g/mol. The fraction of sp³-hybridized carbons (Fsp3) is 0.167. The summed E-state index contributed by atoms with van der Waals surface area (Å²) in [7, 11) is -3.67. The molecule has 0 atom stereocenters. The number of rotatable bonds is 5. The number of sulfonamides is 1. The molecule has 0 aromatic heterocycles. The summed E-state index contributed by atoms with van der Waals surface area (Å²) < 4.78 is 24.8. The van der Waals surface area contributed by atoms with Crippen molar-refractivity contribution in [3.05, 3.63) is 78.4 Å². The Bertz CT molecular complexity index is 774. The van der Waals surface area contributed by atoms with Crippen LogP contribution in [0, 0.1) is 18.8 Å². The Labute approximate surface area is 136 Å². The maximum atomic E-state index is 12.4. The van der Waals surface area contributed by atoms with Crippen molar-refractivity contribution in [1.82, 2.24) is 4.83 Å². The first-order chi connectivity index (χ1) is 11.1. The smallest absolute Gasteiger partial charge is 0.200 e. The van der Waals surface area contributed by atoms with Crippen LogP contribution in [0.15, 0.2) is 82.9 Å². The van der Waals surface area contributed by atoms with Gasteiger partial charge in [-0.15, -0.1) is 0 Å². The number of nitrogens with zero attached hydrogens (tertiary/aromatic N) is 1. The number of hydrogen-bond donors (Lipinski definition) is 1. The van der Waals surface area contributed by atoms with Crippen LogP contribution in [0.3, 0.4) is 0 Å². The van der Waals surface area contributed by atoms with Crippen molar-refractivity contribution in [3.63, 3.8) is 0 Å². The van der Waals surface area contributed by atoms with Gasteiger partial charge in [0.1, 0.15) is 0 Å². The van der Waals surface area contributed by atoms with E-state index >= 15 is 0 Å². The third-order valence-corrected chi connectivity index (χ3v) is 5.03. The molecule has 3 rings (SSSR count). The Morgan fingerprint density at radius 2 is 1.39 bits per heavy atom. The highest BCUT2D eigenvalue weighted by Crippen LogP contribution is 2.22. The van der Waals surface area contributed by atoms with E-state index in [9.17, 15) is 8.42 Å². The van der Waals surface area contributed by atoms with Crippen LogP contribution in [0.4, 0.5) is 0 Å². The Kier molecular flexibility index (Phi) is 4.30. The zero-order valence-corrected chi connectivity index (χ0v) is 13.6. The largest absolute Gasteiger partial charge is 0.276 e. The summed E-state index contributed by atoms with van der Waals surface area (Å²) in [5, 5.41) is 4.23. The third-order valence-electron chi connectivity index (χ3n) is 3.81. The maximum absolute atomic E-state index is 12.4. The van der Waals surface area contributed by atoms with Crippen molar-refractivity contribution < 1.29 is 8.42 Å². The summed E-state index contributed by atoms with van der Waals surface area (Å²) in [6.07, 6.45) is 15.8. The zero-order chi connectivity index (χ0) is 16.3. The van der Waals surface area contributed by atoms with Gasteiger partial charge in [0.25, 0.3) is 10.0 Å². The lowest BCUT2D eigenvalue weighted by atomic mass is 9.94. The molecule has 0 radical (unpaired) electrons. The van der Waals surface area contributed by atoms with Crippen LogP contribution in [0.2, 0.25) is 0 Å². The van der Waals surface area contributed by atoms with E-state index in [0.29, 0.717) is 0 Å². The van der Waals surface area contributed by atoms with Gasteiger partial charge in [-0.2, -0.15) is 13.5 Å². The average molecular weight is 326 g/mol. The number of allylic oxidation sites excluding steroid dienone is 8. The summed E-state index contributed by atoms with van der Waals surface area (Å²) >= 11 is 0. The fourth-order valence-corrected chi connectivity index (χ4v) is 3.34. The van der Waals surface area contributed by atoms with Gasteiger partial charge in [-0.05, 0) is 19.1 Å². The molecule has 0 saturated carbocycles. The molecule has 5 heteroatoms. The lowest BCUT2D eigenvalue weighted by molar-refractivity contribution is 0.584. The predicted octanol–water partition coefficient (Wildman–Crippen LogP) is 3.11. The van der Waals surface area contributed by atoms with E-state index in [0.717, 1.165) is 11.3 Å². The van der Waals surface area contributed by atoms with Crippen molar-refractivity contribution in [2.24, 2.45) is 16.9 Å². The Morgan fingerprint density at radius 1 is 0.913 bits per heavy atom. The minimum absolute atomic E-state index is 0.00752. The maximum Gasteiger partial charge on any atom is 0.276 e. The van der Waals surface area contributed by atoms with Gasteiger partial charge in [-0.25, -0.2) is 4.83 Å². The van der Waals surface area contributed by atoms with Gasteiger partial charge in [0.2, 0.25) is 0 Å². The SMILES string of the molecule is Cc1ccc(S(=O)(=O)NN=C(C2C=CC=C2)C2C=CC=C2)cc1. The molecule has 2 aliphatic rings. The fourth-order valence-electron chi connectivity index (χ4n) is 2.51. The van der Waals surface area contributed by atoms with Gasteiger partial charge in [-0.3, -0.25) is 0 Å². The predicted molar refractivity (Wildman–Crippen MR) is 92.5 cm³/mol. The Balaban J connectivity index is 1.86. The summed E-state index contributed by atoms with van der Waals surface area (Å²) in [4.78, 5) is 2.58. The van der Waals surface area contributed by atoms with Crippen LogP contribution in [0.5, 0.6) is 0 Å². The van der Waals surface area contributed by atoms with E-state index in [1.807, 2.05) is 55.5 Å². The van der Waals surface area contributed by atoms with Crippen LogP contribution < -0.4 is 4.83 Å². The van der Waals surface area contributed by atoms with E-state index in [1.165, 1.54) is 0 Å². The molecule has 0 heterocycles. The minimum Gasteiger partial charge on any atom is -0.200 e. The Hall–Kier alpha value is -2.40. The number of hydrazone groups is 1. The second kappa shape index (κ2) is 6.38. The van der Waals surface area contributed by atoms with Gasteiger partial charge in [0.15, 0.2) is 0 Å². The molecule has 23 heavy (non-hydrogen) atoms. The second-order valence-electron chi connectivity index (χ2n) is 5.54. The summed E-state index contributed by atoms with van der Waals surface area (Å²) in [6.45, 7) is 1.91. The normalized spacial score (nSPS) is 17.1. The first-order valence-electron chi connectivity index (χ1n) is 7.42. The quantitative estimate of drug-likeness (QED) is 0.667. The highest BCUT2D eigenvalue weighted by Gasteiger charge is 2.22. The highest BCUT2D eigenvalue weighted by molar-refractivity contribution is 7.89. The molecule has 0 spiro atoms. The monoisotopic (exact) mass is 326 g/mol. The molecule has 0 amide bonds. The van der Waals surface area contributed by atoms with E-state index in [2.05, 4.69) is 9.93 Å². The van der Waals surface area contributed by atoms with Crippen LogP contribution in [-0.4, -0.2) is 14.1 Å². The number of nitrogens with one attached hydrogen (secondary N) is 1. The molecule has 0 bridgehead atoms. The molecule has 0 fully saturated rings. The van der Waals surface area contributed by atoms with E-state index in [-0.39, 0.29) is 16.7 Å². The van der Waals surface area contributed by atoms with Gasteiger partial charge < -0.3 is 0 Å². The summed E-state index contributed by atoms with van der Waals surface area (Å²) in [5.41, 5.74) is 1.77. The highest BCUT2D eigenvalue weighted by atomic mass is 32.2. The first-order valence-corrected chi connectivity index (χ1v) is 8.90. The molecule has 118 valence electrons. The van der Waals surface area contributed by atoms with E-state index in [4.69, 9.17) is 0 Å². The lowest BCUT2D eigenvalue weighted by Gasteiger charge is -2.15. The average Bonchev–Trinajstić information content (AvgIpc) is 3.21. The molecule has 0 saturated heterocycles. The van der Waals surface area contributed by atoms with Gasteiger partial charge >= 0.3 is 0 Å². The van der Waals surface area contributed by atoms with Crippen molar-refractivity contribution in [3.8, 4) is 0 Å². The van der Waals surface area contributed by atoms with Crippen molar-refractivity contribution in [1.29, 1.82) is 0 Å². The van der Waals surface area contributed by atoms with Crippen molar-refractivity contribution in [2.45, 2.75) is 11.8 Å². The lowest BCUT2D eigenvalue weighted by Crippen LogP contribution is -2.25. The van der Waals surface area contributed by atoms with Crippen LogP contribution in [-0.2, 0) is 10.0 Å². The van der Waals surface area contributed by atoms with Crippen LogP contribution >= 0.6 is 0 Å². The van der Waals surface area contributed by atoms with E-state index < -0.39 is 10.0 Å². The molecule has 1 aromatic rings. The van der Waals surface area contributed by atoms with Gasteiger partial charge in [-0.1, -0.05) is 66.3 Å². The molecule has 0 aliphatic heterocycles. The standard InChI is InChI=1S/C18H18N2O2S/c1-14-10-12-17(13-11-14)23(21,22)20-19-18(15-6-2-3-7-15)16-8-4-5-9-16/h2-13,15-16,20H,1H3. The number of aryl methyl sites for hydroxylation is 1. The first kappa shape index (κ1) is 15.5. The van der Waals surface area contributed by atoms with Gasteiger partial charge in [0, 0.05) is 11.8 Å². The molecule has 4 nitrogen and oxygen atoms in total.